The summed E-state index contributed by atoms with van der Waals surface area (Å²) in [6.45, 7) is 0.982. The van der Waals surface area contributed by atoms with Gasteiger partial charge in [-0.1, -0.05) is 109 Å². The van der Waals surface area contributed by atoms with Crippen LogP contribution in [0.1, 0.15) is 109 Å². The first kappa shape index (κ1) is 24.5. The van der Waals surface area contributed by atoms with Crippen molar-refractivity contribution in [1.29, 1.82) is 0 Å². The monoisotopic (exact) mass is 393 g/mol. The summed E-state index contributed by atoms with van der Waals surface area (Å²) in [5.41, 5.74) is 0. The van der Waals surface area contributed by atoms with Gasteiger partial charge in [0.25, 0.3) is 0 Å². The van der Waals surface area contributed by atoms with Crippen LogP contribution in [-0.2, 0) is 0 Å². The zero-order chi connectivity index (χ0) is 17.7. The van der Waals surface area contributed by atoms with Crippen molar-refractivity contribution >= 4 is 40.8 Å². The fourth-order valence-electron chi connectivity index (χ4n) is 3.07. The quantitative estimate of drug-likeness (QED) is 0.101. The van der Waals surface area contributed by atoms with Gasteiger partial charge in [-0.3, -0.25) is 0 Å². The number of alkyl halides is 1. The normalized spacial score (nSPS) is 10.9. The molecule has 0 bridgehead atoms. The second kappa shape index (κ2) is 21.6. The van der Waals surface area contributed by atoms with Crippen LogP contribution in [0.4, 0.5) is 0 Å². The summed E-state index contributed by atoms with van der Waals surface area (Å²) < 4.78 is 0.622. The first-order chi connectivity index (χ1) is 11.8. The molecule has 0 aromatic heterocycles. The molecule has 1 nitrogen and oxygen atoms in total. The molecule has 1 N–H and O–H groups in total. The van der Waals surface area contributed by atoms with Crippen molar-refractivity contribution in [2.75, 3.05) is 12.4 Å². The number of thiol groups is 1. The van der Waals surface area contributed by atoms with Crippen LogP contribution in [0.15, 0.2) is 0 Å². The second-order valence-electron chi connectivity index (χ2n) is 6.93. The summed E-state index contributed by atoms with van der Waals surface area (Å²) >= 11 is 14.6. The predicted octanol–water partition coefficient (Wildman–Crippen LogP) is 7.66. The number of unbranched alkanes of at least 4 members (excludes halogenated alkanes) is 16. The lowest BCUT2D eigenvalue weighted by molar-refractivity contribution is 0.527. The molecule has 0 aromatic rings. The lowest BCUT2D eigenvalue weighted by Crippen LogP contribution is -2.17. The number of halogens is 1. The molecule has 0 rings (SSSR count). The zero-order valence-corrected chi connectivity index (χ0v) is 18.1. The highest BCUT2D eigenvalue weighted by Gasteiger charge is 1.95. The molecule has 0 aliphatic rings. The topological polar surface area (TPSA) is 12.0 Å². The second-order valence-corrected chi connectivity index (χ2v) is 8.47. The largest absolute Gasteiger partial charge is 0.371 e. The minimum Gasteiger partial charge on any atom is -0.371 e. The Balaban J connectivity index is 2.97. The third kappa shape index (κ3) is 22.5. The zero-order valence-electron chi connectivity index (χ0n) is 15.7. The number of nitrogens with one attached hydrogen (secondary N) is 1. The van der Waals surface area contributed by atoms with Crippen LogP contribution in [0.25, 0.3) is 0 Å². The Labute approximate surface area is 167 Å². The minimum absolute atomic E-state index is 0.622. The van der Waals surface area contributed by atoms with E-state index in [1.807, 2.05) is 0 Å². The number of rotatable bonds is 19. The fourth-order valence-corrected chi connectivity index (χ4v) is 3.47. The molecule has 24 heavy (non-hydrogen) atoms. The average molecular weight is 394 g/mol. The Bertz CT molecular complexity index is 262. The van der Waals surface area contributed by atoms with Crippen LogP contribution in [0.5, 0.6) is 0 Å². The minimum atomic E-state index is 0.622. The average Bonchev–Trinajstić information content (AvgIpc) is 2.56. The predicted molar refractivity (Wildman–Crippen MR) is 119 cm³/mol. The maximum Gasteiger partial charge on any atom is 0.130 e. The van der Waals surface area contributed by atoms with E-state index < -0.39 is 0 Å². The van der Waals surface area contributed by atoms with E-state index in [-0.39, 0.29) is 0 Å². The van der Waals surface area contributed by atoms with E-state index in [0.29, 0.717) is 4.32 Å². The van der Waals surface area contributed by atoms with Gasteiger partial charge < -0.3 is 5.32 Å². The van der Waals surface area contributed by atoms with Gasteiger partial charge in [0.05, 0.1) is 0 Å². The van der Waals surface area contributed by atoms with Crippen LogP contribution in [0.2, 0.25) is 0 Å². The Morgan fingerprint density at radius 2 is 0.875 bits per heavy atom. The number of thiocarbonyl (C=S) groups is 1. The summed E-state index contributed by atoms with van der Waals surface area (Å²) in [6.07, 6.45) is 23.5. The van der Waals surface area contributed by atoms with Crippen LogP contribution in [-0.4, -0.2) is 16.7 Å². The van der Waals surface area contributed by atoms with Crippen molar-refractivity contribution in [2.45, 2.75) is 109 Å². The fraction of sp³-hybridized carbons (Fsp3) is 0.950. The van der Waals surface area contributed by atoms with E-state index in [2.05, 4.69) is 17.9 Å². The summed E-state index contributed by atoms with van der Waals surface area (Å²) in [5, 5.41) is 3.09. The van der Waals surface area contributed by atoms with Crippen LogP contribution >= 0.6 is 36.4 Å². The molecule has 4 heteroatoms. The number of hydrogen-bond acceptors (Lipinski definition) is 1. The van der Waals surface area contributed by atoms with Gasteiger partial charge in [-0.25, -0.2) is 0 Å². The molecule has 0 saturated carbocycles. The van der Waals surface area contributed by atoms with E-state index >= 15 is 0 Å². The number of hydrogen-bond donors (Lipinski definition) is 2. The van der Waals surface area contributed by atoms with Crippen LogP contribution < -0.4 is 5.32 Å². The smallest absolute Gasteiger partial charge is 0.130 e. The van der Waals surface area contributed by atoms with E-state index in [1.165, 1.54) is 109 Å². The highest BCUT2D eigenvalue weighted by molar-refractivity contribution is 8.11. The lowest BCUT2D eigenvalue weighted by Gasteiger charge is -2.04. The van der Waals surface area contributed by atoms with Gasteiger partial charge in [-0.05, 0) is 12.8 Å². The summed E-state index contributed by atoms with van der Waals surface area (Å²) in [7, 11) is 0. The first-order valence-electron chi connectivity index (χ1n) is 10.3. The molecule has 0 spiro atoms. The molecule has 0 aromatic carbocycles. The molecule has 0 heterocycles. The van der Waals surface area contributed by atoms with Crippen molar-refractivity contribution in [1.82, 2.24) is 5.32 Å². The molecule has 0 fully saturated rings. The summed E-state index contributed by atoms with van der Waals surface area (Å²) in [4.78, 5) is 0. The SMILES string of the molecule is S=C(S)NCCCCCCCCCCCCCCCCCCCCl. The molecule has 0 aliphatic heterocycles. The van der Waals surface area contributed by atoms with Gasteiger partial charge in [0.15, 0.2) is 0 Å². The van der Waals surface area contributed by atoms with E-state index in [9.17, 15) is 0 Å². The third-order valence-electron chi connectivity index (χ3n) is 4.59. The maximum atomic E-state index is 5.68. The van der Waals surface area contributed by atoms with E-state index in [1.54, 1.807) is 0 Å². The molecule has 0 radical (unpaired) electrons. The van der Waals surface area contributed by atoms with E-state index in [4.69, 9.17) is 23.8 Å². The Hall–Kier alpha value is 0.530. The molecule has 0 aliphatic carbocycles. The molecule has 144 valence electrons. The van der Waals surface area contributed by atoms with E-state index in [0.717, 1.165) is 12.4 Å². The Morgan fingerprint density at radius 3 is 1.17 bits per heavy atom. The summed E-state index contributed by atoms with van der Waals surface area (Å²) in [5.74, 6) is 0.836. The van der Waals surface area contributed by atoms with Crippen molar-refractivity contribution in [3.63, 3.8) is 0 Å². The van der Waals surface area contributed by atoms with Crippen molar-refractivity contribution in [3.05, 3.63) is 0 Å². The van der Waals surface area contributed by atoms with Crippen molar-refractivity contribution in [3.8, 4) is 0 Å². The Kier molecular flexibility index (Phi) is 22.0. The van der Waals surface area contributed by atoms with Gasteiger partial charge in [-0.2, -0.15) is 0 Å². The van der Waals surface area contributed by atoms with Gasteiger partial charge in [0.1, 0.15) is 4.32 Å². The van der Waals surface area contributed by atoms with Crippen LogP contribution in [0, 0.1) is 0 Å². The molecule has 0 unspecified atom stereocenters. The maximum absolute atomic E-state index is 5.68. The van der Waals surface area contributed by atoms with Gasteiger partial charge in [-0.15, -0.1) is 24.2 Å². The molecule has 0 saturated heterocycles. The molecule has 0 amide bonds. The Morgan fingerprint density at radius 1 is 0.583 bits per heavy atom. The summed E-state index contributed by atoms with van der Waals surface area (Å²) in [6, 6.07) is 0. The highest BCUT2D eigenvalue weighted by Crippen LogP contribution is 2.14. The molecular formula is C20H40ClNS2. The van der Waals surface area contributed by atoms with Crippen molar-refractivity contribution in [2.24, 2.45) is 0 Å². The van der Waals surface area contributed by atoms with Gasteiger partial charge in [0, 0.05) is 12.4 Å². The van der Waals surface area contributed by atoms with Gasteiger partial charge >= 0.3 is 0 Å². The molecular weight excluding hydrogens is 354 g/mol. The highest BCUT2D eigenvalue weighted by atomic mass is 35.5. The molecule has 0 atom stereocenters. The standard InChI is InChI=1S/C20H40ClNS2/c21-18-16-14-12-10-8-6-4-2-1-3-5-7-9-11-13-15-17-19-22-20(23)24/h1-19H2,(H2,22,23,24). The van der Waals surface area contributed by atoms with Gasteiger partial charge in [0.2, 0.25) is 0 Å². The third-order valence-corrected chi connectivity index (χ3v) is 5.16. The van der Waals surface area contributed by atoms with Crippen molar-refractivity contribution < 1.29 is 0 Å². The van der Waals surface area contributed by atoms with Crippen LogP contribution in [0.3, 0.4) is 0 Å². The first-order valence-corrected chi connectivity index (χ1v) is 11.7. The lowest BCUT2D eigenvalue weighted by atomic mass is 10.0.